The van der Waals surface area contributed by atoms with Gasteiger partial charge < -0.3 is 10.1 Å². The van der Waals surface area contributed by atoms with Gasteiger partial charge in [0.1, 0.15) is 5.41 Å². The SMILES string of the molecule is N#CC(c1ccccc1)(C1CCNCC1)C1CCCO1. The maximum atomic E-state index is 10.1. The molecule has 0 radical (unpaired) electrons. The number of piperidine rings is 1. The third-order valence-corrected chi connectivity index (χ3v) is 4.86. The Kier molecular flexibility index (Phi) is 4.05. The van der Waals surface area contributed by atoms with E-state index < -0.39 is 5.41 Å². The third-order valence-electron chi connectivity index (χ3n) is 4.86. The van der Waals surface area contributed by atoms with Crippen LogP contribution < -0.4 is 5.32 Å². The van der Waals surface area contributed by atoms with Gasteiger partial charge in [-0.15, -0.1) is 0 Å². The predicted octanol–water partition coefficient (Wildman–Crippen LogP) is 2.63. The summed E-state index contributed by atoms with van der Waals surface area (Å²) in [4.78, 5) is 0. The van der Waals surface area contributed by atoms with Gasteiger partial charge in [0, 0.05) is 6.61 Å². The van der Waals surface area contributed by atoms with Crippen molar-refractivity contribution in [2.24, 2.45) is 5.92 Å². The van der Waals surface area contributed by atoms with Crippen LogP contribution in [-0.4, -0.2) is 25.8 Å². The normalized spacial score (nSPS) is 26.9. The second kappa shape index (κ2) is 5.95. The van der Waals surface area contributed by atoms with Crippen LogP contribution in [0.3, 0.4) is 0 Å². The summed E-state index contributed by atoms with van der Waals surface area (Å²) in [5.41, 5.74) is 0.668. The van der Waals surface area contributed by atoms with Crippen LogP contribution in [0.1, 0.15) is 31.2 Å². The van der Waals surface area contributed by atoms with Crippen molar-refractivity contribution < 1.29 is 4.74 Å². The fourth-order valence-corrected chi connectivity index (χ4v) is 3.84. The maximum absolute atomic E-state index is 10.1. The van der Waals surface area contributed by atoms with E-state index in [2.05, 4.69) is 23.5 Å². The molecular weight excluding hydrogens is 248 g/mol. The fraction of sp³-hybridized carbons (Fsp3) is 0.588. The van der Waals surface area contributed by atoms with E-state index in [0.29, 0.717) is 5.92 Å². The molecule has 0 bridgehead atoms. The molecule has 2 aliphatic heterocycles. The molecule has 0 aromatic heterocycles. The molecule has 2 unspecified atom stereocenters. The molecule has 2 aliphatic rings. The topological polar surface area (TPSA) is 45.0 Å². The molecule has 2 fully saturated rings. The van der Waals surface area contributed by atoms with Crippen molar-refractivity contribution >= 4 is 0 Å². The first kappa shape index (κ1) is 13.6. The Morgan fingerprint density at radius 1 is 1.15 bits per heavy atom. The maximum Gasteiger partial charge on any atom is 0.111 e. The fourth-order valence-electron chi connectivity index (χ4n) is 3.84. The monoisotopic (exact) mass is 270 g/mol. The Labute approximate surface area is 120 Å². The number of hydrogen-bond donors (Lipinski definition) is 1. The first-order valence-corrected chi connectivity index (χ1v) is 7.67. The van der Waals surface area contributed by atoms with Crippen molar-refractivity contribution in [2.75, 3.05) is 19.7 Å². The standard InChI is InChI=1S/C17H22N2O/c18-13-17(16-7-4-12-20-16,14-5-2-1-3-6-14)15-8-10-19-11-9-15/h1-3,5-6,15-16,19H,4,7-12H2. The summed E-state index contributed by atoms with van der Waals surface area (Å²) in [5.74, 6) is 0.388. The molecule has 1 aromatic rings. The molecule has 106 valence electrons. The van der Waals surface area contributed by atoms with Gasteiger partial charge in [-0.05, 0) is 50.3 Å². The van der Waals surface area contributed by atoms with Gasteiger partial charge in [-0.3, -0.25) is 0 Å². The second-order valence-electron chi connectivity index (χ2n) is 5.87. The van der Waals surface area contributed by atoms with E-state index >= 15 is 0 Å². The zero-order valence-electron chi connectivity index (χ0n) is 11.8. The molecule has 0 spiro atoms. The highest BCUT2D eigenvalue weighted by Crippen LogP contribution is 2.44. The van der Waals surface area contributed by atoms with Gasteiger partial charge in [-0.1, -0.05) is 30.3 Å². The van der Waals surface area contributed by atoms with Gasteiger partial charge in [0.2, 0.25) is 0 Å². The Balaban J connectivity index is 2.02. The molecule has 3 rings (SSSR count). The molecule has 2 saturated heterocycles. The number of hydrogen-bond acceptors (Lipinski definition) is 3. The highest BCUT2D eigenvalue weighted by Gasteiger charge is 2.49. The van der Waals surface area contributed by atoms with Gasteiger partial charge in [0.25, 0.3) is 0 Å². The highest BCUT2D eigenvalue weighted by atomic mass is 16.5. The minimum absolute atomic E-state index is 0.0537. The van der Waals surface area contributed by atoms with Crippen LogP contribution in [0.15, 0.2) is 30.3 Å². The average Bonchev–Trinajstić information content (AvgIpc) is 3.06. The molecule has 1 N–H and O–H groups in total. The molecule has 0 amide bonds. The van der Waals surface area contributed by atoms with Gasteiger partial charge in [-0.2, -0.15) is 5.26 Å². The van der Waals surface area contributed by atoms with Gasteiger partial charge in [0.15, 0.2) is 0 Å². The van der Waals surface area contributed by atoms with Crippen molar-refractivity contribution in [3.8, 4) is 6.07 Å². The number of rotatable bonds is 3. The summed E-state index contributed by atoms with van der Waals surface area (Å²) < 4.78 is 5.97. The van der Waals surface area contributed by atoms with Crippen LogP contribution >= 0.6 is 0 Å². The van der Waals surface area contributed by atoms with E-state index in [1.165, 1.54) is 0 Å². The third kappa shape index (κ3) is 2.24. The van der Waals surface area contributed by atoms with Crippen molar-refractivity contribution in [3.63, 3.8) is 0 Å². The first-order valence-electron chi connectivity index (χ1n) is 7.67. The predicted molar refractivity (Wildman–Crippen MR) is 78.3 cm³/mol. The largest absolute Gasteiger partial charge is 0.376 e. The van der Waals surface area contributed by atoms with Crippen LogP contribution in [0.4, 0.5) is 0 Å². The van der Waals surface area contributed by atoms with E-state index in [-0.39, 0.29) is 6.10 Å². The molecule has 2 heterocycles. The molecule has 20 heavy (non-hydrogen) atoms. The summed E-state index contributed by atoms with van der Waals surface area (Å²) in [7, 11) is 0. The molecule has 2 atom stereocenters. The number of nitriles is 1. The lowest BCUT2D eigenvalue weighted by Gasteiger charge is -2.41. The number of nitrogens with one attached hydrogen (secondary N) is 1. The molecule has 0 saturated carbocycles. The van der Waals surface area contributed by atoms with Crippen molar-refractivity contribution in [3.05, 3.63) is 35.9 Å². The van der Waals surface area contributed by atoms with Gasteiger partial charge >= 0.3 is 0 Å². The van der Waals surface area contributed by atoms with E-state index in [1.54, 1.807) is 0 Å². The molecular formula is C17H22N2O. The van der Waals surface area contributed by atoms with Crippen molar-refractivity contribution in [1.82, 2.24) is 5.32 Å². The summed E-state index contributed by atoms with van der Waals surface area (Å²) in [6.45, 7) is 2.81. The van der Waals surface area contributed by atoms with E-state index in [1.807, 2.05) is 18.2 Å². The lowest BCUT2D eigenvalue weighted by Crippen LogP contribution is -2.48. The smallest absolute Gasteiger partial charge is 0.111 e. The van der Waals surface area contributed by atoms with Crippen LogP contribution in [-0.2, 0) is 10.2 Å². The molecule has 0 aliphatic carbocycles. The first-order chi connectivity index (χ1) is 9.88. The van der Waals surface area contributed by atoms with E-state index in [0.717, 1.165) is 50.9 Å². The van der Waals surface area contributed by atoms with Gasteiger partial charge in [0.05, 0.1) is 12.2 Å². The van der Waals surface area contributed by atoms with Crippen LogP contribution in [0.2, 0.25) is 0 Å². The second-order valence-corrected chi connectivity index (χ2v) is 5.87. The Morgan fingerprint density at radius 2 is 1.90 bits per heavy atom. The number of ether oxygens (including phenoxy) is 1. The highest BCUT2D eigenvalue weighted by molar-refractivity contribution is 5.36. The minimum atomic E-state index is -0.472. The lowest BCUT2D eigenvalue weighted by atomic mass is 9.64. The molecule has 3 heteroatoms. The van der Waals surface area contributed by atoms with E-state index in [9.17, 15) is 5.26 Å². The summed E-state index contributed by atoms with van der Waals surface area (Å²) in [5, 5.41) is 13.5. The van der Waals surface area contributed by atoms with Crippen molar-refractivity contribution in [1.29, 1.82) is 5.26 Å². The quantitative estimate of drug-likeness (QED) is 0.918. The van der Waals surface area contributed by atoms with E-state index in [4.69, 9.17) is 4.74 Å². The zero-order valence-corrected chi connectivity index (χ0v) is 11.8. The zero-order chi connectivity index (χ0) is 13.8. The summed E-state index contributed by atoms with van der Waals surface area (Å²) in [6.07, 6.45) is 4.25. The number of benzene rings is 1. The Morgan fingerprint density at radius 3 is 2.50 bits per heavy atom. The molecule has 1 aromatic carbocycles. The average molecular weight is 270 g/mol. The Hall–Kier alpha value is -1.37. The van der Waals surface area contributed by atoms with Crippen LogP contribution in [0.25, 0.3) is 0 Å². The number of nitrogens with zero attached hydrogens (tertiary/aromatic N) is 1. The summed E-state index contributed by atoms with van der Waals surface area (Å²) in [6, 6.07) is 13.0. The van der Waals surface area contributed by atoms with Crippen LogP contribution in [0, 0.1) is 17.2 Å². The van der Waals surface area contributed by atoms with Crippen molar-refractivity contribution in [2.45, 2.75) is 37.2 Å². The van der Waals surface area contributed by atoms with Crippen LogP contribution in [0.5, 0.6) is 0 Å². The van der Waals surface area contributed by atoms with Gasteiger partial charge in [-0.25, -0.2) is 0 Å². The minimum Gasteiger partial charge on any atom is -0.376 e. The molecule has 3 nitrogen and oxygen atoms in total. The lowest BCUT2D eigenvalue weighted by molar-refractivity contribution is 0.0318. The Bertz CT molecular complexity index is 470. The summed E-state index contributed by atoms with van der Waals surface area (Å²) >= 11 is 0.